The molecule has 0 spiro atoms. The first-order chi connectivity index (χ1) is 7.59. The van der Waals surface area contributed by atoms with E-state index in [1.165, 1.54) is 6.07 Å². The number of carboxylic acid groups (broad SMARTS) is 1. The molecule has 0 aliphatic carbocycles. The quantitative estimate of drug-likeness (QED) is 0.837. The first kappa shape index (κ1) is 10.6. The first-order valence-corrected chi connectivity index (χ1v) is 4.94. The summed E-state index contributed by atoms with van der Waals surface area (Å²) in [5.74, 6) is -1.58. The number of carbonyl (C=O) groups is 1. The summed E-state index contributed by atoms with van der Waals surface area (Å²) in [4.78, 5) is 10.6. The summed E-state index contributed by atoms with van der Waals surface area (Å²) in [5.41, 5.74) is 1.06. The predicted molar refractivity (Wildman–Crippen MR) is 56.7 cm³/mol. The third-order valence-corrected chi connectivity index (χ3v) is 2.53. The first-order valence-electron chi connectivity index (χ1n) is 4.94. The van der Waals surface area contributed by atoms with E-state index < -0.39 is 5.97 Å². The molecule has 84 valence electrons. The van der Waals surface area contributed by atoms with E-state index in [0.29, 0.717) is 16.6 Å². The number of fused-ring (bicyclic) bond motifs is 1. The number of halogens is 1. The molecule has 0 fully saturated rings. The van der Waals surface area contributed by atoms with Crippen LogP contribution in [0.25, 0.3) is 10.9 Å². The number of rotatable bonds is 3. The fourth-order valence-corrected chi connectivity index (χ4v) is 1.77. The highest BCUT2D eigenvalue weighted by molar-refractivity contribution is 5.83. The molecule has 1 atom stereocenters. The fraction of sp³-hybridized carbons (Fsp3) is 0.273. The van der Waals surface area contributed by atoms with Crippen LogP contribution in [0.4, 0.5) is 4.39 Å². The van der Waals surface area contributed by atoms with Gasteiger partial charge in [0.1, 0.15) is 5.82 Å². The van der Waals surface area contributed by atoms with Crippen molar-refractivity contribution in [2.24, 2.45) is 0 Å². The average Bonchev–Trinajstić information content (AvgIpc) is 2.61. The zero-order chi connectivity index (χ0) is 11.7. The van der Waals surface area contributed by atoms with Crippen LogP contribution in [0.15, 0.2) is 18.2 Å². The van der Waals surface area contributed by atoms with Crippen molar-refractivity contribution in [1.29, 1.82) is 0 Å². The summed E-state index contributed by atoms with van der Waals surface area (Å²) in [6.07, 6.45) is -0.0500. The van der Waals surface area contributed by atoms with Gasteiger partial charge in [-0.15, -0.1) is 0 Å². The SMILES string of the molecule is CC(CC(=O)O)c1[nH]nc2cccc(F)c12. The molecule has 0 aliphatic heterocycles. The number of nitrogens with one attached hydrogen (secondary N) is 1. The Morgan fingerprint density at radius 2 is 2.38 bits per heavy atom. The van der Waals surface area contributed by atoms with E-state index in [4.69, 9.17) is 5.11 Å². The predicted octanol–water partition coefficient (Wildman–Crippen LogP) is 2.28. The lowest BCUT2D eigenvalue weighted by atomic mass is 10.0. The van der Waals surface area contributed by atoms with Gasteiger partial charge in [0.05, 0.1) is 17.3 Å². The van der Waals surface area contributed by atoms with Gasteiger partial charge in [0.15, 0.2) is 0 Å². The minimum absolute atomic E-state index is 0.0500. The lowest BCUT2D eigenvalue weighted by molar-refractivity contribution is -0.137. The third-order valence-electron chi connectivity index (χ3n) is 2.53. The molecule has 1 heterocycles. The molecule has 16 heavy (non-hydrogen) atoms. The fourth-order valence-electron chi connectivity index (χ4n) is 1.77. The van der Waals surface area contributed by atoms with Gasteiger partial charge in [-0.3, -0.25) is 9.89 Å². The van der Waals surface area contributed by atoms with E-state index in [1.54, 1.807) is 19.1 Å². The van der Waals surface area contributed by atoms with Crippen LogP contribution < -0.4 is 0 Å². The van der Waals surface area contributed by atoms with Crippen LogP contribution in [0.2, 0.25) is 0 Å². The van der Waals surface area contributed by atoms with Crippen LogP contribution >= 0.6 is 0 Å². The molecule has 0 aliphatic rings. The zero-order valence-electron chi connectivity index (χ0n) is 8.70. The van der Waals surface area contributed by atoms with E-state index in [9.17, 15) is 9.18 Å². The molecule has 5 heteroatoms. The Kier molecular flexibility index (Phi) is 2.60. The highest BCUT2D eigenvalue weighted by atomic mass is 19.1. The van der Waals surface area contributed by atoms with E-state index in [0.717, 1.165) is 0 Å². The maximum absolute atomic E-state index is 13.6. The molecule has 0 bridgehead atoms. The topological polar surface area (TPSA) is 66.0 Å². The zero-order valence-corrected chi connectivity index (χ0v) is 8.70. The molecule has 1 aromatic carbocycles. The highest BCUT2D eigenvalue weighted by Gasteiger charge is 2.17. The van der Waals surface area contributed by atoms with Crippen LogP contribution in [0.3, 0.4) is 0 Å². The van der Waals surface area contributed by atoms with Crippen LogP contribution in [-0.4, -0.2) is 21.3 Å². The Bertz CT molecular complexity index is 536. The summed E-state index contributed by atoms with van der Waals surface area (Å²) in [7, 11) is 0. The van der Waals surface area contributed by atoms with Crippen molar-refractivity contribution in [3.05, 3.63) is 29.7 Å². The molecule has 1 aromatic heterocycles. The Labute approximate surface area is 91.1 Å². The second-order valence-electron chi connectivity index (χ2n) is 3.77. The summed E-state index contributed by atoms with van der Waals surface area (Å²) < 4.78 is 13.6. The maximum Gasteiger partial charge on any atom is 0.304 e. The maximum atomic E-state index is 13.6. The van der Waals surface area contributed by atoms with Gasteiger partial charge < -0.3 is 5.11 Å². The van der Waals surface area contributed by atoms with E-state index in [2.05, 4.69) is 10.2 Å². The van der Waals surface area contributed by atoms with Crippen molar-refractivity contribution in [3.8, 4) is 0 Å². The number of aromatic amines is 1. The van der Waals surface area contributed by atoms with Crippen molar-refractivity contribution in [3.63, 3.8) is 0 Å². The van der Waals surface area contributed by atoms with Gasteiger partial charge in [0.25, 0.3) is 0 Å². The van der Waals surface area contributed by atoms with Gasteiger partial charge in [0, 0.05) is 11.6 Å². The third kappa shape index (κ3) is 1.76. The second kappa shape index (κ2) is 3.92. The molecule has 0 amide bonds. The largest absolute Gasteiger partial charge is 0.481 e. The van der Waals surface area contributed by atoms with Crippen molar-refractivity contribution in [2.75, 3.05) is 0 Å². The molecular formula is C11H11FN2O2. The van der Waals surface area contributed by atoms with Crippen LogP contribution in [0, 0.1) is 5.82 Å². The number of nitrogens with zero attached hydrogens (tertiary/aromatic N) is 1. The van der Waals surface area contributed by atoms with Gasteiger partial charge in [-0.1, -0.05) is 13.0 Å². The number of aliphatic carboxylic acids is 1. The normalized spacial score (nSPS) is 12.9. The van der Waals surface area contributed by atoms with E-state index in [-0.39, 0.29) is 18.2 Å². The van der Waals surface area contributed by atoms with Gasteiger partial charge in [-0.05, 0) is 12.1 Å². The molecule has 0 saturated heterocycles. The van der Waals surface area contributed by atoms with Gasteiger partial charge in [0.2, 0.25) is 0 Å². The summed E-state index contributed by atoms with van der Waals surface area (Å²) in [6.45, 7) is 1.73. The van der Waals surface area contributed by atoms with Crippen LogP contribution in [-0.2, 0) is 4.79 Å². The summed E-state index contributed by atoms with van der Waals surface area (Å²) in [6, 6.07) is 4.60. The van der Waals surface area contributed by atoms with Gasteiger partial charge in [-0.25, -0.2) is 4.39 Å². The van der Waals surface area contributed by atoms with Crippen molar-refractivity contribution in [1.82, 2.24) is 10.2 Å². The Balaban J connectivity index is 2.48. The molecule has 1 unspecified atom stereocenters. The number of hydrogen-bond acceptors (Lipinski definition) is 2. The van der Waals surface area contributed by atoms with E-state index in [1.807, 2.05) is 0 Å². The Morgan fingerprint density at radius 1 is 1.62 bits per heavy atom. The minimum atomic E-state index is -0.911. The van der Waals surface area contributed by atoms with Crippen molar-refractivity contribution in [2.45, 2.75) is 19.3 Å². The number of hydrogen-bond donors (Lipinski definition) is 2. The number of H-pyrrole nitrogens is 1. The summed E-state index contributed by atoms with van der Waals surface area (Å²) in [5, 5.41) is 15.7. The molecule has 2 rings (SSSR count). The summed E-state index contributed by atoms with van der Waals surface area (Å²) >= 11 is 0. The molecule has 0 radical (unpaired) electrons. The molecular weight excluding hydrogens is 211 g/mol. The average molecular weight is 222 g/mol. The van der Waals surface area contributed by atoms with Crippen molar-refractivity contribution < 1.29 is 14.3 Å². The Morgan fingerprint density at radius 3 is 3.06 bits per heavy atom. The molecule has 2 aromatic rings. The highest BCUT2D eigenvalue weighted by Crippen LogP contribution is 2.27. The second-order valence-corrected chi connectivity index (χ2v) is 3.77. The molecule has 4 nitrogen and oxygen atoms in total. The van der Waals surface area contributed by atoms with Gasteiger partial charge >= 0.3 is 5.97 Å². The molecule has 0 saturated carbocycles. The number of carboxylic acids is 1. The van der Waals surface area contributed by atoms with Crippen molar-refractivity contribution >= 4 is 16.9 Å². The Hall–Kier alpha value is -1.91. The number of benzene rings is 1. The van der Waals surface area contributed by atoms with Crippen LogP contribution in [0.5, 0.6) is 0 Å². The molecule has 2 N–H and O–H groups in total. The monoisotopic (exact) mass is 222 g/mol. The van der Waals surface area contributed by atoms with Crippen LogP contribution in [0.1, 0.15) is 25.0 Å². The lowest BCUT2D eigenvalue weighted by Gasteiger charge is -2.06. The number of aromatic nitrogens is 2. The van der Waals surface area contributed by atoms with Gasteiger partial charge in [-0.2, -0.15) is 5.10 Å². The lowest BCUT2D eigenvalue weighted by Crippen LogP contribution is -2.03. The minimum Gasteiger partial charge on any atom is -0.481 e. The smallest absolute Gasteiger partial charge is 0.304 e. The van der Waals surface area contributed by atoms with E-state index >= 15 is 0 Å². The standard InChI is InChI=1S/C11H11FN2O2/c1-6(5-9(15)16)11-10-7(12)3-2-4-8(10)13-14-11/h2-4,6H,5H2,1H3,(H,13,14)(H,15,16).